The summed E-state index contributed by atoms with van der Waals surface area (Å²) in [4.78, 5) is 0. The molecule has 0 radical (unpaired) electrons. The maximum absolute atomic E-state index is 8.39. The third-order valence-corrected chi connectivity index (χ3v) is 0.996. The van der Waals surface area contributed by atoms with Gasteiger partial charge in [-0.3, -0.25) is 0 Å². The lowest BCUT2D eigenvalue weighted by atomic mass is 10.1. The summed E-state index contributed by atoms with van der Waals surface area (Å²) < 4.78 is 0. The maximum atomic E-state index is 8.39. The molecule has 0 aromatic heterocycles. The van der Waals surface area contributed by atoms with E-state index < -0.39 is 11.7 Å². The molecule has 0 saturated heterocycles. The van der Waals surface area contributed by atoms with Crippen molar-refractivity contribution < 1.29 is 5.11 Å². The van der Waals surface area contributed by atoms with E-state index in [1.54, 1.807) is 6.92 Å². The number of aliphatic hydroxyl groups is 1. The first-order valence-corrected chi connectivity index (χ1v) is 2.42. The smallest absolute Gasteiger partial charge is 0.0786 e. The van der Waals surface area contributed by atoms with E-state index in [4.69, 9.17) is 22.3 Å². The van der Waals surface area contributed by atoms with Gasteiger partial charge in [-0.1, -0.05) is 0 Å². The Kier molecular flexibility index (Phi) is 2.36. The highest BCUT2D eigenvalue weighted by Gasteiger charge is 2.19. The zero-order valence-corrected chi connectivity index (χ0v) is 4.96. The topological polar surface area (TPSA) is 98.3 Å². The first kappa shape index (κ1) is 7.84. The van der Waals surface area contributed by atoms with Gasteiger partial charge in [-0.15, -0.1) is 0 Å². The van der Waals surface area contributed by atoms with Crippen LogP contribution in [-0.4, -0.2) is 23.4 Å². The zero-order valence-electron chi connectivity index (χ0n) is 4.96. The van der Waals surface area contributed by atoms with Gasteiger partial charge in [0, 0.05) is 0 Å². The van der Waals surface area contributed by atoms with Gasteiger partial charge in [0.25, 0.3) is 0 Å². The number of hydrogen-bond donors (Lipinski definition) is 4. The first-order valence-electron chi connectivity index (χ1n) is 2.42. The Balaban J connectivity index is 3.62. The van der Waals surface area contributed by atoms with Gasteiger partial charge < -0.3 is 22.3 Å². The fourth-order valence-electron chi connectivity index (χ4n) is 0.197. The Bertz CT molecular complexity index is 68.2. The molecule has 0 fully saturated rings. The molecule has 0 aromatic rings. The molecular weight excluding hydrogens is 106 g/mol. The number of nitrogens with two attached hydrogens (primary N) is 3. The van der Waals surface area contributed by atoms with Crippen molar-refractivity contribution in [2.24, 2.45) is 17.2 Å². The standard InChI is InChI=1S/C4H13N3O/c1-4(6,7)3(5)2-8/h3,8H,2,5-7H2,1H3. The van der Waals surface area contributed by atoms with Crippen molar-refractivity contribution in [3.05, 3.63) is 0 Å². The molecule has 50 valence electrons. The molecule has 7 N–H and O–H groups in total. The molecular formula is C4H13N3O. The Hall–Kier alpha value is -0.160. The van der Waals surface area contributed by atoms with E-state index in [0.717, 1.165) is 0 Å². The Morgan fingerprint density at radius 3 is 2.00 bits per heavy atom. The Morgan fingerprint density at radius 1 is 1.62 bits per heavy atom. The maximum Gasteiger partial charge on any atom is 0.0786 e. The van der Waals surface area contributed by atoms with Crippen molar-refractivity contribution >= 4 is 0 Å². The van der Waals surface area contributed by atoms with Crippen LogP contribution in [0.15, 0.2) is 0 Å². The molecule has 1 unspecified atom stereocenters. The Morgan fingerprint density at radius 2 is 2.00 bits per heavy atom. The lowest BCUT2D eigenvalue weighted by Crippen LogP contribution is -2.61. The van der Waals surface area contributed by atoms with Crippen LogP contribution >= 0.6 is 0 Å². The van der Waals surface area contributed by atoms with Crippen LogP contribution in [0.3, 0.4) is 0 Å². The van der Waals surface area contributed by atoms with Gasteiger partial charge in [0.2, 0.25) is 0 Å². The molecule has 4 nitrogen and oxygen atoms in total. The van der Waals surface area contributed by atoms with Crippen LogP contribution in [0.5, 0.6) is 0 Å². The normalized spacial score (nSPS) is 16.1. The summed E-state index contributed by atoms with van der Waals surface area (Å²) >= 11 is 0. The summed E-state index contributed by atoms with van der Waals surface area (Å²) in [7, 11) is 0. The van der Waals surface area contributed by atoms with E-state index in [2.05, 4.69) is 0 Å². The van der Waals surface area contributed by atoms with Crippen LogP contribution in [0.1, 0.15) is 6.92 Å². The molecule has 0 amide bonds. The lowest BCUT2D eigenvalue weighted by Gasteiger charge is -2.24. The van der Waals surface area contributed by atoms with Crippen LogP contribution in [0.4, 0.5) is 0 Å². The highest BCUT2D eigenvalue weighted by atomic mass is 16.3. The number of hydrogen-bond acceptors (Lipinski definition) is 4. The summed E-state index contributed by atoms with van der Waals surface area (Å²) in [5, 5.41) is 8.39. The third kappa shape index (κ3) is 2.23. The average Bonchev–Trinajstić information content (AvgIpc) is 1.62. The van der Waals surface area contributed by atoms with E-state index >= 15 is 0 Å². The van der Waals surface area contributed by atoms with Gasteiger partial charge in [0.1, 0.15) is 0 Å². The molecule has 0 heterocycles. The predicted octanol–water partition coefficient (Wildman–Crippen LogP) is -2.06. The lowest BCUT2D eigenvalue weighted by molar-refractivity contribution is 0.216. The minimum absolute atomic E-state index is 0.177. The number of rotatable bonds is 2. The summed E-state index contributed by atoms with van der Waals surface area (Å²) in [5.74, 6) is 0. The van der Waals surface area contributed by atoms with E-state index in [1.807, 2.05) is 0 Å². The molecule has 1 atom stereocenters. The molecule has 0 aliphatic carbocycles. The van der Waals surface area contributed by atoms with E-state index in [9.17, 15) is 0 Å². The Labute approximate surface area is 48.6 Å². The van der Waals surface area contributed by atoms with Crippen molar-refractivity contribution in [2.45, 2.75) is 18.6 Å². The molecule has 0 saturated carbocycles. The molecule has 0 aliphatic heterocycles. The highest BCUT2D eigenvalue weighted by Crippen LogP contribution is 1.91. The summed E-state index contributed by atoms with van der Waals surface area (Å²) in [6, 6.07) is -0.539. The van der Waals surface area contributed by atoms with Crippen molar-refractivity contribution in [3.8, 4) is 0 Å². The molecule has 0 rings (SSSR count). The molecule has 0 aliphatic rings. The molecule has 0 aromatic carbocycles. The van der Waals surface area contributed by atoms with Gasteiger partial charge in [-0.05, 0) is 6.92 Å². The van der Waals surface area contributed by atoms with Crippen LogP contribution in [0, 0.1) is 0 Å². The van der Waals surface area contributed by atoms with E-state index in [-0.39, 0.29) is 6.61 Å². The van der Waals surface area contributed by atoms with Gasteiger partial charge in [0.15, 0.2) is 0 Å². The minimum atomic E-state index is -0.964. The fourth-order valence-corrected chi connectivity index (χ4v) is 0.197. The summed E-state index contributed by atoms with van der Waals surface area (Å²) in [6.45, 7) is 1.39. The largest absolute Gasteiger partial charge is 0.395 e. The van der Waals surface area contributed by atoms with Gasteiger partial charge in [-0.2, -0.15) is 0 Å². The summed E-state index contributed by atoms with van der Waals surface area (Å²) in [5.41, 5.74) is 14.9. The van der Waals surface area contributed by atoms with Crippen LogP contribution in [0.25, 0.3) is 0 Å². The predicted molar refractivity (Wildman–Crippen MR) is 31.8 cm³/mol. The monoisotopic (exact) mass is 119 g/mol. The van der Waals surface area contributed by atoms with E-state index in [0.29, 0.717) is 0 Å². The SMILES string of the molecule is CC(N)(N)C(N)CO. The van der Waals surface area contributed by atoms with Gasteiger partial charge in [0.05, 0.1) is 18.3 Å². The second-order valence-electron chi connectivity index (χ2n) is 2.16. The van der Waals surface area contributed by atoms with Crippen molar-refractivity contribution in [2.75, 3.05) is 6.61 Å². The molecule has 8 heavy (non-hydrogen) atoms. The van der Waals surface area contributed by atoms with Gasteiger partial charge in [-0.25, -0.2) is 0 Å². The third-order valence-electron chi connectivity index (χ3n) is 0.996. The van der Waals surface area contributed by atoms with Crippen molar-refractivity contribution in [1.82, 2.24) is 0 Å². The molecule has 0 spiro atoms. The van der Waals surface area contributed by atoms with Crippen LogP contribution in [0.2, 0.25) is 0 Å². The van der Waals surface area contributed by atoms with Crippen molar-refractivity contribution in [3.63, 3.8) is 0 Å². The van der Waals surface area contributed by atoms with Crippen LogP contribution < -0.4 is 17.2 Å². The highest BCUT2D eigenvalue weighted by molar-refractivity contribution is 4.82. The quantitative estimate of drug-likeness (QED) is 0.314. The molecule has 4 heteroatoms. The first-order chi connectivity index (χ1) is 3.48. The second kappa shape index (κ2) is 2.41. The summed E-state index contributed by atoms with van der Waals surface area (Å²) in [6.07, 6.45) is 0. The average molecular weight is 119 g/mol. The van der Waals surface area contributed by atoms with Crippen LogP contribution in [-0.2, 0) is 0 Å². The van der Waals surface area contributed by atoms with Gasteiger partial charge >= 0.3 is 0 Å². The zero-order chi connectivity index (χ0) is 6.78. The van der Waals surface area contributed by atoms with E-state index in [1.165, 1.54) is 0 Å². The molecule has 0 bridgehead atoms. The number of aliphatic hydroxyl groups excluding tert-OH is 1. The fraction of sp³-hybridized carbons (Fsp3) is 1.00. The van der Waals surface area contributed by atoms with Crippen molar-refractivity contribution in [1.29, 1.82) is 0 Å². The minimum Gasteiger partial charge on any atom is -0.395 e. The second-order valence-corrected chi connectivity index (χ2v) is 2.16.